The molecule has 1 aliphatic rings. The molecule has 5 nitrogen and oxygen atoms in total. The van der Waals surface area contributed by atoms with Crippen LogP contribution in [0.2, 0.25) is 5.02 Å². The molecule has 0 fully saturated rings. The van der Waals surface area contributed by atoms with E-state index in [4.69, 9.17) is 30.5 Å². The number of hydrogen-bond acceptors (Lipinski definition) is 5. The van der Waals surface area contributed by atoms with Gasteiger partial charge >= 0.3 is 0 Å². The van der Waals surface area contributed by atoms with E-state index in [0.717, 1.165) is 5.56 Å². The van der Waals surface area contributed by atoms with Gasteiger partial charge in [-0.25, -0.2) is 0 Å². The van der Waals surface area contributed by atoms with Gasteiger partial charge in [-0.15, -0.1) is 0 Å². The summed E-state index contributed by atoms with van der Waals surface area (Å²) in [6, 6.07) is 8.63. The Bertz CT molecular complexity index is 829. The standard InChI is InChI=1S/C19H17ClO5/c1-22-17-10-13(14(20)11-18(17)23-2)15(21)5-3-12-4-6-16-19(9-12)25-8-7-24-16/h3-6,9-11H,7-8H2,1-2H3/b5-3+. The summed E-state index contributed by atoms with van der Waals surface area (Å²) in [7, 11) is 3.02. The minimum absolute atomic E-state index is 0.235. The van der Waals surface area contributed by atoms with Crippen molar-refractivity contribution in [2.45, 2.75) is 0 Å². The molecule has 0 aliphatic carbocycles. The van der Waals surface area contributed by atoms with Gasteiger partial charge in [-0.1, -0.05) is 23.7 Å². The van der Waals surface area contributed by atoms with Crippen LogP contribution in [-0.4, -0.2) is 33.2 Å². The molecule has 0 bridgehead atoms. The molecule has 2 aromatic carbocycles. The molecule has 25 heavy (non-hydrogen) atoms. The van der Waals surface area contributed by atoms with Gasteiger partial charge in [0.2, 0.25) is 0 Å². The largest absolute Gasteiger partial charge is 0.493 e. The summed E-state index contributed by atoms with van der Waals surface area (Å²) in [5, 5.41) is 0.300. The fraction of sp³-hybridized carbons (Fsp3) is 0.211. The van der Waals surface area contributed by atoms with Gasteiger partial charge in [-0.05, 0) is 29.8 Å². The first kappa shape index (κ1) is 17.2. The molecule has 1 aliphatic heterocycles. The Labute approximate surface area is 150 Å². The first-order valence-electron chi connectivity index (χ1n) is 7.66. The zero-order valence-corrected chi connectivity index (χ0v) is 14.6. The zero-order valence-electron chi connectivity index (χ0n) is 13.9. The Morgan fingerprint density at radius 3 is 2.44 bits per heavy atom. The van der Waals surface area contributed by atoms with Crippen molar-refractivity contribution in [1.29, 1.82) is 0 Å². The molecular formula is C19H17ClO5. The molecule has 6 heteroatoms. The van der Waals surface area contributed by atoms with Crippen LogP contribution in [0.3, 0.4) is 0 Å². The molecule has 0 unspecified atom stereocenters. The van der Waals surface area contributed by atoms with Crippen molar-refractivity contribution in [3.05, 3.63) is 52.6 Å². The van der Waals surface area contributed by atoms with Gasteiger partial charge in [0.1, 0.15) is 13.2 Å². The predicted molar refractivity (Wildman–Crippen MR) is 95.4 cm³/mol. The number of carbonyl (C=O) groups excluding carboxylic acids is 1. The van der Waals surface area contributed by atoms with E-state index in [2.05, 4.69) is 0 Å². The summed E-state index contributed by atoms with van der Waals surface area (Å²) in [5.41, 5.74) is 1.17. The highest BCUT2D eigenvalue weighted by Crippen LogP contribution is 2.34. The monoisotopic (exact) mass is 360 g/mol. The molecule has 130 valence electrons. The highest BCUT2D eigenvalue weighted by Gasteiger charge is 2.15. The highest BCUT2D eigenvalue weighted by atomic mass is 35.5. The molecule has 0 N–H and O–H groups in total. The van der Waals surface area contributed by atoms with Crippen molar-refractivity contribution < 1.29 is 23.7 Å². The number of methoxy groups -OCH3 is 2. The van der Waals surface area contributed by atoms with E-state index in [1.165, 1.54) is 20.3 Å². The van der Waals surface area contributed by atoms with Crippen molar-refractivity contribution in [3.8, 4) is 23.0 Å². The maximum atomic E-state index is 12.5. The van der Waals surface area contributed by atoms with Crippen LogP contribution in [0.25, 0.3) is 6.08 Å². The van der Waals surface area contributed by atoms with Gasteiger partial charge in [0, 0.05) is 11.6 Å². The highest BCUT2D eigenvalue weighted by molar-refractivity contribution is 6.35. The van der Waals surface area contributed by atoms with E-state index in [-0.39, 0.29) is 5.78 Å². The van der Waals surface area contributed by atoms with Crippen LogP contribution in [0, 0.1) is 0 Å². The number of fused-ring (bicyclic) bond motifs is 1. The van der Waals surface area contributed by atoms with Crippen LogP contribution in [0.1, 0.15) is 15.9 Å². The minimum atomic E-state index is -0.235. The second kappa shape index (κ2) is 7.49. The van der Waals surface area contributed by atoms with Gasteiger partial charge in [-0.3, -0.25) is 4.79 Å². The summed E-state index contributed by atoms with van der Waals surface area (Å²) in [6.45, 7) is 1.05. The first-order valence-corrected chi connectivity index (χ1v) is 8.03. The lowest BCUT2D eigenvalue weighted by molar-refractivity contribution is 0.104. The van der Waals surface area contributed by atoms with E-state index in [0.29, 0.717) is 46.8 Å². The normalized spacial score (nSPS) is 12.9. The van der Waals surface area contributed by atoms with E-state index < -0.39 is 0 Å². The summed E-state index contributed by atoms with van der Waals surface area (Å²) >= 11 is 6.18. The molecule has 3 rings (SSSR count). The number of carbonyl (C=O) groups is 1. The van der Waals surface area contributed by atoms with Crippen molar-refractivity contribution in [2.24, 2.45) is 0 Å². The first-order chi connectivity index (χ1) is 12.1. The van der Waals surface area contributed by atoms with Crippen LogP contribution in [0.5, 0.6) is 23.0 Å². The molecular weight excluding hydrogens is 344 g/mol. The van der Waals surface area contributed by atoms with Gasteiger partial charge in [0.05, 0.1) is 19.2 Å². The number of hydrogen-bond donors (Lipinski definition) is 0. The van der Waals surface area contributed by atoms with Crippen LogP contribution < -0.4 is 18.9 Å². The van der Waals surface area contributed by atoms with Crippen molar-refractivity contribution in [2.75, 3.05) is 27.4 Å². The molecule has 0 saturated carbocycles. The summed E-state index contributed by atoms with van der Waals surface area (Å²) in [4.78, 5) is 12.5. The number of rotatable bonds is 5. The molecule has 0 saturated heterocycles. The zero-order chi connectivity index (χ0) is 17.8. The number of allylic oxidation sites excluding steroid dienone is 1. The van der Waals surface area contributed by atoms with Crippen molar-refractivity contribution in [3.63, 3.8) is 0 Å². The summed E-state index contributed by atoms with van der Waals surface area (Å²) in [6.07, 6.45) is 3.16. The third-order valence-corrected chi connectivity index (χ3v) is 4.04. The molecule has 0 spiro atoms. The quantitative estimate of drug-likeness (QED) is 0.595. The predicted octanol–water partition coefficient (Wildman–Crippen LogP) is 4.02. The Hall–Kier alpha value is -2.66. The Morgan fingerprint density at radius 1 is 1.04 bits per heavy atom. The number of ketones is 1. The van der Waals surface area contributed by atoms with Crippen LogP contribution >= 0.6 is 11.6 Å². The Balaban J connectivity index is 1.83. The van der Waals surface area contributed by atoms with E-state index in [1.807, 2.05) is 18.2 Å². The molecule has 0 atom stereocenters. The number of halogens is 1. The van der Waals surface area contributed by atoms with Crippen LogP contribution in [0.4, 0.5) is 0 Å². The third kappa shape index (κ3) is 3.72. The molecule has 1 heterocycles. The summed E-state index contributed by atoms with van der Waals surface area (Å²) in [5.74, 6) is 2.06. The van der Waals surface area contributed by atoms with Gasteiger partial charge < -0.3 is 18.9 Å². The average molecular weight is 361 g/mol. The molecule has 0 aromatic heterocycles. The maximum Gasteiger partial charge on any atom is 0.187 e. The van der Waals surface area contributed by atoms with Crippen molar-refractivity contribution in [1.82, 2.24) is 0 Å². The molecule has 0 amide bonds. The Morgan fingerprint density at radius 2 is 1.72 bits per heavy atom. The van der Waals surface area contributed by atoms with Crippen LogP contribution in [0.15, 0.2) is 36.4 Å². The fourth-order valence-corrected chi connectivity index (χ4v) is 2.72. The average Bonchev–Trinajstić information content (AvgIpc) is 2.65. The fourth-order valence-electron chi connectivity index (χ4n) is 2.47. The lowest BCUT2D eigenvalue weighted by Crippen LogP contribution is -2.15. The van der Waals surface area contributed by atoms with Crippen molar-refractivity contribution >= 4 is 23.5 Å². The molecule has 0 radical (unpaired) electrons. The van der Waals surface area contributed by atoms with Gasteiger partial charge in [0.25, 0.3) is 0 Å². The number of ether oxygens (including phenoxy) is 4. The van der Waals surface area contributed by atoms with E-state index >= 15 is 0 Å². The van der Waals surface area contributed by atoms with Gasteiger partial charge in [0.15, 0.2) is 28.8 Å². The Kier molecular flexibility index (Phi) is 5.14. The lowest BCUT2D eigenvalue weighted by atomic mass is 10.1. The minimum Gasteiger partial charge on any atom is -0.493 e. The lowest BCUT2D eigenvalue weighted by Gasteiger charge is -2.18. The van der Waals surface area contributed by atoms with E-state index in [9.17, 15) is 4.79 Å². The van der Waals surface area contributed by atoms with Crippen LogP contribution in [-0.2, 0) is 0 Å². The third-order valence-electron chi connectivity index (χ3n) is 3.73. The SMILES string of the molecule is COc1cc(Cl)c(C(=O)/C=C/c2ccc3c(c2)OCCO3)cc1OC. The van der Waals surface area contributed by atoms with E-state index in [1.54, 1.807) is 18.2 Å². The smallest absolute Gasteiger partial charge is 0.187 e. The summed E-state index contributed by atoms with van der Waals surface area (Å²) < 4.78 is 21.4. The second-order valence-corrected chi connectivity index (χ2v) is 5.69. The molecule has 2 aromatic rings. The topological polar surface area (TPSA) is 54.0 Å². The van der Waals surface area contributed by atoms with Gasteiger partial charge in [-0.2, -0.15) is 0 Å². The number of benzene rings is 2. The maximum absolute atomic E-state index is 12.5. The second-order valence-electron chi connectivity index (χ2n) is 5.29.